The first-order valence-electron chi connectivity index (χ1n) is 8.56. The first-order chi connectivity index (χ1) is 14.1. The van der Waals surface area contributed by atoms with Gasteiger partial charge in [0.2, 0.25) is 0 Å². The maximum Gasteiger partial charge on any atom is 0.481 e. The van der Waals surface area contributed by atoms with Gasteiger partial charge in [-0.3, -0.25) is 4.52 Å². The molecule has 0 aromatic heterocycles. The van der Waals surface area contributed by atoms with Gasteiger partial charge in [-0.1, -0.05) is 0 Å². The van der Waals surface area contributed by atoms with E-state index < -0.39 is 90.3 Å². The zero-order chi connectivity index (χ0) is 23.7. The van der Waals surface area contributed by atoms with Gasteiger partial charge in [0.15, 0.2) is 12.6 Å². The molecule has 0 radical (unpaired) electrons. The summed E-state index contributed by atoms with van der Waals surface area (Å²) in [5, 5.41) is 68.2. The van der Waals surface area contributed by atoms with Crippen LogP contribution in [0.1, 0.15) is 0 Å². The summed E-state index contributed by atoms with van der Waals surface area (Å²) in [5.74, 6) is 0. The van der Waals surface area contributed by atoms with Crippen molar-refractivity contribution >= 4 is 15.6 Å². The minimum absolute atomic E-state index is 0.667. The molecule has 2 unspecified atom stereocenters. The Morgan fingerprint density at radius 2 is 1.19 bits per heavy atom. The highest BCUT2D eigenvalue weighted by Crippen LogP contribution is 2.57. The summed E-state index contributed by atoms with van der Waals surface area (Å²) in [4.78, 5) is 26.3. The zero-order valence-electron chi connectivity index (χ0n) is 15.4. The van der Waals surface area contributed by atoms with Crippen LogP contribution in [0.5, 0.6) is 0 Å². The van der Waals surface area contributed by atoms with Crippen molar-refractivity contribution in [3.63, 3.8) is 0 Å². The lowest BCUT2D eigenvalue weighted by atomic mass is 9.98. The zero-order valence-corrected chi connectivity index (χ0v) is 17.2. The molecule has 0 bridgehead atoms. The van der Waals surface area contributed by atoms with Gasteiger partial charge in [-0.2, -0.15) is 4.31 Å². The van der Waals surface area contributed by atoms with E-state index in [4.69, 9.17) is 24.0 Å². The Hall–Kier alpha value is -0.140. The molecule has 0 spiro atoms. The molecule has 0 aliphatic carbocycles. The second-order valence-corrected chi connectivity index (χ2v) is 9.55. The Morgan fingerprint density at radius 3 is 1.74 bits per heavy atom. The highest BCUT2D eigenvalue weighted by Gasteiger charge is 2.47. The molecule has 2 rings (SSSR count). The summed E-state index contributed by atoms with van der Waals surface area (Å²) in [5.41, 5.74) is 0. The minimum atomic E-state index is -5.41. The fourth-order valence-electron chi connectivity index (χ4n) is 2.78. The van der Waals surface area contributed by atoms with Gasteiger partial charge in [0.05, 0.1) is 13.2 Å². The van der Waals surface area contributed by atoms with Gasteiger partial charge >= 0.3 is 15.6 Å². The number of rotatable bonds is 8. The molecule has 2 aliphatic heterocycles. The van der Waals surface area contributed by atoms with Gasteiger partial charge in [0.1, 0.15) is 48.8 Å². The van der Waals surface area contributed by atoms with E-state index in [0.717, 1.165) is 0 Å². The molecule has 11 atom stereocenters. The number of hydrogen-bond donors (Lipinski definition) is 10. The topological polar surface area (TPSA) is 283 Å². The van der Waals surface area contributed by atoms with Gasteiger partial charge < -0.3 is 64.6 Å². The highest BCUT2D eigenvalue weighted by molar-refractivity contribution is 7.60. The van der Waals surface area contributed by atoms with E-state index in [1.165, 1.54) is 0 Å². The molecule has 2 fully saturated rings. The van der Waals surface area contributed by atoms with E-state index in [1.807, 2.05) is 0 Å². The van der Waals surface area contributed by atoms with Crippen molar-refractivity contribution in [2.75, 3.05) is 13.2 Å². The molecular formula is C12H24O17P2. The smallest absolute Gasteiger partial charge is 0.387 e. The number of ether oxygens (including phenoxy) is 3. The molecule has 0 amide bonds. The third-order valence-electron chi connectivity index (χ3n) is 4.39. The number of aliphatic hydroxyl groups excluding tert-OH is 7. The van der Waals surface area contributed by atoms with Crippen LogP contribution in [-0.4, -0.2) is 125 Å². The summed E-state index contributed by atoms with van der Waals surface area (Å²) in [6.07, 6.45) is -17.8. The minimum Gasteiger partial charge on any atom is -0.387 e. The van der Waals surface area contributed by atoms with Crippen molar-refractivity contribution in [2.45, 2.75) is 61.4 Å². The lowest BCUT2D eigenvalue weighted by molar-refractivity contribution is -0.325. The predicted octanol–water partition coefficient (Wildman–Crippen LogP) is -5.16. The molecule has 17 nitrogen and oxygen atoms in total. The summed E-state index contributed by atoms with van der Waals surface area (Å²) in [6, 6.07) is 0. The molecule has 19 heteroatoms. The summed E-state index contributed by atoms with van der Waals surface area (Å²) in [6.45, 7) is -1.72. The Balaban J connectivity index is 1.98. The third kappa shape index (κ3) is 7.17. The van der Waals surface area contributed by atoms with E-state index >= 15 is 0 Å². The van der Waals surface area contributed by atoms with Gasteiger partial charge in [-0.15, -0.1) is 0 Å². The number of phosphoric ester groups is 1. The van der Waals surface area contributed by atoms with Crippen molar-refractivity contribution in [2.24, 2.45) is 0 Å². The van der Waals surface area contributed by atoms with Crippen LogP contribution >= 0.6 is 15.6 Å². The summed E-state index contributed by atoms with van der Waals surface area (Å²) >= 11 is 0. The first-order valence-corrected chi connectivity index (χ1v) is 11.6. The maximum atomic E-state index is 11.5. The van der Waals surface area contributed by atoms with Crippen molar-refractivity contribution < 1.29 is 82.6 Å². The SMILES string of the molecule is O=P(O)(O)OP(=O)(O)OC[C@H]1O[C@H](OC[C@H]2OC(O)[C@H](O)[C@@H](O)[C@@H]2O)[C@H](O)[C@@H](O)[C@H]1O. The van der Waals surface area contributed by atoms with E-state index in [2.05, 4.69) is 8.83 Å². The van der Waals surface area contributed by atoms with Crippen LogP contribution in [0.25, 0.3) is 0 Å². The summed E-state index contributed by atoms with van der Waals surface area (Å²) < 4.78 is 45.1. The number of phosphoric acid groups is 2. The lowest BCUT2D eigenvalue weighted by Crippen LogP contribution is -2.61. The molecular weight excluding hydrogens is 478 g/mol. The average molecular weight is 502 g/mol. The normalized spacial score (nSPS) is 44.1. The fraction of sp³-hybridized carbons (Fsp3) is 1.00. The standard InChI is InChI=1S/C12H24O17P2/c13-5-3(27-11(19)9(17)7(5)15)1-25-12-10(18)8(16)6(14)4(28-12)2-26-31(23,24)29-30(20,21)22/h3-19H,1-2H2,(H,23,24)(H2,20,21,22)/t3-,4-,5-,6+,7+,8+,9-,10-,11?,12+/m1/s1. The molecule has 0 aromatic rings. The van der Waals surface area contributed by atoms with Crippen LogP contribution in [0.2, 0.25) is 0 Å². The monoisotopic (exact) mass is 502 g/mol. The molecule has 2 aliphatic rings. The Bertz CT molecular complexity index is 686. The van der Waals surface area contributed by atoms with Crippen molar-refractivity contribution in [1.29, 1.82) is 0 Å². The second kappa shape index (κ2) is 10.4. The molecule has 10 N–H and O–H groups in total. The average Bonchev–Trinajstić information content (AvgIpc) is 2.64. The van der Waals surface area contributed by atoms with E-state index in [0.29, 0.717) is 0 Å². The lowest BCUT2D eigenvalue weighted by Gasteiger charge is -2.42. The Labute approximate surface area is 173 Å². The van der Waals surface area contributed by atoms with Gasteiger partial charge in [0.25, 0.3) is 0 Å². The fourth-order valence-corrected chi connectivity index (χ4v) is 4.38. The van der Waals surface area contributed by atoms with Crippen LogP contribution in [0.4, 0.5) is 0 Å². The van der Waals surface area contributed by atoms with Crippen molar-refractivity contribution in [3.8, 4) is 0 Å². The molecule has 2 heterocycles. The van der Waals surface area contributed by atoms with Crippen molar-refractivity contribution in [3.05, 3.63) is 0 Å². The molecule has 2 saturated heterocycles. The number of hydrogen-bond acceptors (Lipinski definition) is 14. The largest absolute Gasteiger partial charge is 0.481 e. The van der Waals surface area contributed by atoms with Crippen LogP contribution in [0.3, 0.4) is 0 Å². The molecule has 0 saturated carbocycles. The van der Waals surface area contributed by atoms with Crippen LogP contribution < -0.4 is 0 Å². The molecule has 184 valence electrons. The van der Waals surface area contributed by atoms with Gasteiger partial charge in [-0.25, -0.2) is 9.13 Å². The predicted molar refractivity (Wildman–Crippen MR) is 90.4 cm³/mol. The maximum absolute atomic E-state index is 11.5. The second-order valence-electron chi connectivity index (χ2n) is 6.72. The highest BCUT2D eigenvalue weighted by atomic mass is 31.3. The quantitative estimate of drug-likeness (QED) is 0.139. The third-order valence-corrected chi connectivity index (χ3v) is 6.54. The Morgan fingerprint density at radius 1 is 0.677 bits per heavy atom. The van der Waals surface area contributed by atoms with Crippen molar-refractivity contribution in [1.82, 2.24) is 0 Å². The first kappa shape index (κ1) is 27.1. The van der Waals surface area contributed by atoms with E-state index in [9.17, 15) is 49.8 Å². The van der Waals surface area contributed by atoms with Crippen LogP contribution in [0.15, 0.2) is 0 Å². The molecule has 0 aromatic carbocycles. The van der Waals surface area contributed by atoms with Gasteiger partial charge in [-0.05, 0) is 0 Å². The van der Waals surface area contributed by atoms with E-state index in [-0.39, 0.29) is 0 Å². The van der Waals surface area contributed by atoms with Gasteiger partial charge in [0, 0.05) is 0 Å². The summed E-state index contributed by atoms with van der Waals surface area (Å²) in [7, 11) is -10.7. The van der Waals surface area contributed by atoms with Crippen LogP contribution in [0, 0.1) is 0 Å². The van der Waals surface area contributed by atoms with E-state index in [1.54, 1.807) is 0 Å². The number of aliphatic hydroxyl groups is 7. The Kier molecular flexibility index (Phi) is 9.11. The van der Waals surface area contributed by atoms with Crippen LogP contribution in [-0.2, 0) is 32.2 Å². The molecule has 31 heavy (non-hydrogen) atoms.